The second-order valence-electron chi connectivity index (χ2n) is 5.00. The van der Waals surface area contributed by atoms with E-state index in [0.29, 0.717) is 0 Å². The number of ether oxygens (including phenoxy) is 1. The molecular formula is C15H23NO. The first kappa shape index (κ1) is 12.4. The molecule has 0 bridgehead atoms. The number of nitrogens with zero attached hydrogens (tertiary/aromatic N) is 1. The first-order chi connectivity index (χ1) is 8.31. The molecular weight excluding hydrogens is 210 g/mol. The molecule has 0 unspecified atom stereocenters. The van der Waals surface area contributed by atoms with Crippen molar-refractivity contribution in [1.29, 1.82) is 0 Å². The number of benzene rings is 1. The molecule has 0 amide bonds. The molecule has 1 fully saturated rings. The average Bonchev–Trinajstić information content (AvgIpc) is 2.40. The first-order valence-electron chi connectivity index (χ1n) is 6.67. The van der Waals surface area contributed by atoms with Crippen LogP contribution >= 0.6 is 0 Å². The zero-order chi connectivity index (χ0) is 12.1. The van der Waals surface area contributed by atoms with Crippen molar-refractivity contribution in [3.63, 3.8) is 0 Å². The van der Waals surface area contributed by atoms with Crippen molar-refractivity contribution < 1.29 is 4.74 Å². The van der Waals surface area contributed by atoms with E-state index in [1.807, 2.05) is 0 Å². The van der Waals surface area contributed by atoms with Gasteiger partial charge in [0.1, 0.15) is 5.75 Å². The fourth-order valence-corrected chi connectivity index (χ4v) is 2.62. The van der Waals surface area contributed by atoms with Gasteiger partial charge in [0.25, 0.3) is 0 Å². The van der Waals surface area contributed by atoms with Crippen molar-refractivity contribution in [2.45, 2.75) is 32.7 Å². The Morgan fingerprint density at radius 2 is 2.06 bits per heavy atom. The highest BCUT2D eigenvalue weighted by molar-refractivity contribution is 5.27. The molecule has 94 valence electrons. The van der Waals surface area contributed by atoms with Crippen LogP contribution in [0.4, 0.5) is 0 Å². The van der Waals surface area contributed by atoms with E-state index in [1.54, 1.807) is 7.11 Å². The van der Waals surface area contributed by atoms with Crippen LogP contribution in [0.3, 0.4) is 0 Å². The van der Waals surface area contributed by atoms with E-state index >= 15 is 0 Å². The summed E-state index contributed by atoms with van der Waals surface area (Å²) in [5.41, 5.74) is 1.39. The summed E-state index contributed by atoms with van der Waals surface area (Å²) >= 11 is 0. The normalized spacial score (nSPS) is 21.4. The fourth-order valence-electron chi connectivity index (χ4n) is 2.62. The lowest BCUT2D eigenvalue weighted by Crippen LogP contribution is -2.34. The summed E-state index contributed by atoms with van der Waals surface area (Å²) in [6.45, 7) is 5.91. The number of methoxy groups -OCH3 is 1. The molecule has 1 saturated heterocycles. The molecule has 2 heteroatoms. The fraction of sp³-hybridized carbons (Fsp3) is 0.600. The van der Waals surface area contributed by atoms with Gasteiger partial charge in [-0.2, -0.15) is 0 Å². The molecule has 1 aromatic carbocycles. The summed E-state index contributed by atoms with van der Waals surface area (Å²) < 4.78 is 5.18. The summed E-state index contributed by atoms with van der Waals surface area (Å²) in [5, 5.41) is 0. The van der Waals surface area contributed by atoms with Gasteiger partial charge >= 0.3 is 0 Å². The highest BCUT2D eigenvalue weighted by Gasteiger charge is 2.18. The Hall–Kier alpha value is -1.02. The van der Waals surface area contributed by atoms with Gasteiger partial charge in [-0.05, 0) is 43.0 Å². The van der Waals surface area contributed by atoms with Crippen LogP contribution in [0.2, 0.25) is 0 Å². The molecule has 0 spiro atoms. The number of likely N-dealkylation sites (tertiary alicyclic amines) is 1. The van der Waals surface area contributed by atoms with Crippen molar-refractivity contribution in [2.24, 2.45) is 5.92 Å². The van der Waals surface area contributed by atoms with Gasteiger partial charge in [0, 0.05) is 13.1 Å². The van der Waals surface area contributed by atoms with Gasteiger partial charge in [-0.15, -0.1) is 0 Å². The monoisotopic (exact) mass is 233 g/mol. The third kappa shape index (κ3) is 3.47. The molecule has 1 aromatic rings. The summed E-state index contributed by atoms with van der Waals surface area (Å²) in [6.07, 6.45) is 4.09. The highest BCUT2D eigenvalue weighted by atomic mass is 16.5. The maximum atomic E-state index is 5.18. The summed E-state index contributed by atoms with van der Waals surface area (Å²) in [4.78, 5) is 2.58. The Morgan fingerprint density at radius 1 is 1.29 bits per heavy atom. The smallest absolute Gasteiger partial charge is 0.118 e. The molecule has 0 saturated carbocycles. The highest BCUT2D eigenvalue weighted by Crippen LogP contribution is 2.21. The van der Waals surface area contributed by atoms with Crippen molar-refractivity contribution in [3.8, 4) is 5.75 Å². The minimum Gasteiger partial charge on any atom is -0.497 e. The Kier molecular flexibility index (Phi) is 4.43. The van der Waals surface area contributed by atoms with Gasteiger partial charge in [-0.25, -0.2) is 0 Å². The van der Waals surface area contributed by atoms with Crippen LogP contribution in [-0.4, -0.2) is 25.1 Å². The van der Waals surface area contributed by atoms with E-state index < -0.39 is 0 Å². The minimum absolute atomic E-state index is 0.905. The van der Waals surface area contributed by atoms with Gasteiger partial charge in [-0.1, -0.05) is 25.5 Å². The van der Waals surface area contributed by atoms with Crippen LogP contribution in [0, 0.1) is 5.92 Å². The van der Waals surface area contributed by atoms with E-state index in [2.05, 4.69) is 36.1 Å². The molecule has 2 rings (SSSR count). The lowest BCUT2D eigenvalue weighted by atomic mass is 9.95. The number of rotatable bonds is 4. The molecule has 17 heavy (non-hydrogen) atoms. The SMILES string of the molecule is CC[C@H]1CCCN(Cc2ccc(OC)cc2)C1. The second kappa shape index (κ2) is 6.06. The van der Waals surface area contributed by atoms with Gasteiger partial charge in [0.05, 0.1) is 7.11 Å². The van der Waals surface area contributed by atoms with E-state index in [9.17, 15) is 0 Å². The van der Waals surface area contributed by atoms with Crippen LogP contribution in [0.15, 0.2) is 24.3 Å². The standard InChI is InChI=1S/C15H23NO/c1-3-13-5-4-10-16(11-13)12-14-6-8-15(17-2)9-7-14/h6-9,13H,3-5,10-12H2,1-2H3/t13-/m0/s1. The van der Waals surface area contributed by atoms with Gasteiger partial charge in [-0.3, -0.25) is 4.90 Å². The maximum Gasteiger partial charge on any atom is 0.118 e. The molecule has 0 aliphatic carbocycles. The molecule has 1 aliphatic rings. The predicted molar refractivity (Wildman–Crippen MR) is 71.3 cm³/mol. The van der Waals surface area contributed by atoms with Crippen LogP contribution in [0.25, 0.3) is 0 Å². The van der Waals surface area contributed by atoms with Gasteiger partial charge in [0.15, 0.2) is 0 Å². The Bertz CT molecular complexity index is 333. The van der Waals surface area contributed by atoms with Crippen molar-refractivity contribution in [3.05, 3.63) is 29.8 Å². The molecule has 0 aromatic heterocycles. The summed E-state index contributed by atoms with van der Waals surface area (Å²) in [5.74, 6) is 1.85. The van der Waals surface area contributed by atoms with Crippen molar-refractivity contribution in [2.75, 3.05) is 20.2 Å². The Morgan fingerprint density at radius 3 is 2.71 bits per heavy atom. The maximum absolute atomic E-state index is 5.18. The van der Waals surface area contributed by atoms with Gasteiger partial charge in [0.2, 0.25) is 0 Å². The molecule has 1 heterocycles. The lowest BCUT2D eigenvalue weighted by molar-refractivity contribution is 0.164. The van der Waals surface area contributed by atoms with E-state index in [-0.39, 0.29) is 0 Å². The first-order valence-corrected chi connectivity index (χ1v) is 6.67. The minimum atomic E-state index is 0.905. The van der Waals surface area contributed by atoms with Crippen LogP contribution in [0.1, 0.15) is 31.7 Å². The Balaban J connectivity index is 1.90. The summed E-state index contributed by atoms with van der Waals surface area (Å²) in [7, 11) is 1.71. The van der Waals surface area contributed by atoms with Crippen molar-refractivity contribution >= 4 is 0 Å². The molecule has 0 N–H and O–H groups in total. The van der Waals surface area contributed by atoms with Crippen LogP contribution < -0.4 is 4.74 Å². The zero-order valence-corrected chi connectivity index (χ0v) is 11.0. The third-order valence-corrected chi connectivity index (χ3v) is 3.75. The number of hydrogen-bond acceptors (Lipinski definition) is 2. The quantitative estimate of drug-likeness (QED) is 0.791. The molecule has 1 aliphatic heterocycles. The largest absolute Gasteiger partial charge is 0.497 e. The van der Waals surface area contributed by atoms with E-state index in [4.69, 9.17) is 4.74 Å². The van der Waals surface area contributed by atoms with Crippen molar-refractivity contribution in [1.82, 2.24) is 4.90 Å². The predicted octanol–water partition coefficient (Wildman–Crippen LogP) is 3.32. The van der Waals surface area contributed by atoms with E-state index in [0.717, 1.165) is 18.2 Å². The van der Waals surface area contributed by atoms with Crippen LogP contribution in [-0.2, 0) is 6.54 Å². The van der Waals surface area contributed by atoms with Crippen LogP contribution in [0.5, 0.6) is 5.75 Å². The lowest BCUT2D eigenvalue weighted by Gasteiger charge is -2.32. The van der Waals surface area contributed by atoms with Gasteiger partial charge < -0.3 is 4.74 Å². The number of piperidine rings is 1. The average molecular weight is 233 g/mol. The zero-order valence-electron chi connectivity index (χ0n) is 11.0. The molecule has 2 nitrogen and oxygen atoms in total. The Labute approximate surface area is 105 Å². The number of hydrogen-bond donors (Lipinski definition) is 0. The second-order valence-corrected chi connectivity index (χ2v) is 5.00. The third-order valence-electron chi connectivity index (χ3n) is 3.75. The molecule has 1 atom stereocenters. The van der Waals surface area contributed by atoms with E-state index in [1.165, 1.54) is 37.9 Å². The topological polar surface area (TPSA) is 12.5 Å². The summed E-state index contributed by atoms with van der Waals surface area (Å²) in [6, 6.07) is 8.45. The molecule has 0 radical (unpaired) electrons.